The van der Waals surface area contributed by atoms with Crippen LogP contribution in [-0.2, 0) is 4.79 Å². The lowest BCUT2D eigenvalue weighted by Gasteiger charge is -2.14. The van der Waals surface area contributed by atoms with E-state index in [2.05, 4.69) is 20.8 Å². The van der Waals surface area contributed by atoms with Crippen LogP contribution in [0.1, 0.15) is 12.8 Å². The fourth-order valence-electron chi connectivity index (χ4n) is 2.97. The smallest absolute Gasteiger partial charge is 0.321 e. The van der Waals surface area contributed by atoms with E-state index in [9.17, 15) is 9.59 Å². The molecule has 0 aliphatic heterocycles. The number of methoxy groups -OCH3 is 1. The van der Waals surface area contributed by atoms with E-state index in [-0.39, 0.29) is 11.8 Å². The molecule has 0 spiro atoms. The van der Waals surface area contributed by atoms with E-state index < -0.39 is 11.9 Å². The Kier molecular flexibility index (Phi) is 6.88. The molecule has 1 aromatic heterocycles. The number of carbonyl (C=O) groups excluding carboxylic acids is 2. The number of hydrogen-bond donors (Lipinski definition) is 2. The molecule has 11 heteroatoms. The van der Waals surface area contributed by atoms with Crippen LogP contribution in [0, 0.1) is 0 Å². The molecule has 1 fully saturated rings. The molecule has 1 heterocycles. The van der Waals surface area contributed by atoms with E-state index in [0.29, 0.717) is 32.5 Å². The van der Waals surface area contributed by atoms with E-state index in [0.717, 1.165) is 30.2 Å². The van der Waals surface area contributed by atoms with Crippen molar-refractivity contribution < 1.29 is 14.3 Å². The van der Waals surface area contributed by atoms with Gasteiger partial charge in [0.15, 0.2) is 11.0 Å². The zero-order chi connectivity index (χ0) is 22.7. The van der Waals surface area contributed by atoms with Gasteiger partial charge in [-0.15, -0.1) is 10.2 Å². The Balaban J connectivity index is 1.64. The van der Waals surface area contributed by atoms with Crippen molar-refractivity contribution in [3.8, 4) is 22.8 Å². The highest BCUT2D eigenvalue weighted by atomic mass is 35.5. The number of hydrogen-bond acceptors (Lipinski definition) is 6. The van der Waals surface area contributed by atoms with E-state index in [1.807, 2.05) is 12.1 Å². The molecule has 2 N–H and O–H groups in total. The molecule has 166 valence electrons. The summed E-state index contributed by atoms with van der Waals surface area (Å²) >= 11 is 13.6. The molecule has 1 saturated carbocycles. The van der Waals surface area contributed by atoms with Crippen molar-refractivity contribution in [1.29, 1.82) is 0 Å². The summed E-state index contributed by atoms with van der Waals surface area (Å²) < 4.78 is 7.26. The predicted molar refractivity (Wildman–Crippen MR) is 124 cm³/mol. The monoisotopic (exact) mass is 491 g/mol. The third-order valence-corrected chi connectivity index (χ3v) is 6.00. The molecule has 0 saturated heterocycles. The molecule has 3 aromatic rings. The summed E-state index contributed by atoms with van der Waals surface area (Å²) in [5.74, 6) is 0.578. The SMILES string of the molecule is COc1ccc(Cl)cc1-n1c(SCC(=O)NC(=O)NC2CC2)nnc1-c1cccc(Cl)c1. The molecule has 0 bridgehead atoms. The van der Waals surface area contributed by atoms with Gasteiger partial charge in [-0.2, -0.15) is 0 Å². The number of aromatic nitrogens is 3. The van der Waals surface area contributed by atoms with Crippen LogP contribution >= 0.6 is 35.0 Å². The van der Waals surface area contributed by atoms with Gasteiger partial charge < -0.3 is 10.1 Å². The third-order valence-electron chi connectivity index (χ3n) is 4.60. The Labute approximate surface area is 198 Å². The van der Waals surface area contributed by atoms with Gasteiger partial charge in [0.05, 0.1) is 18.6 Å². The number of ether oxygens (including phenoxy) is 1. The highest BCUT2D eigenvalue weighted by Crippen LogP contribution is 2.34. The van der Waals surface area contributed by atoms with Gasteiger partial charge in [-0.05, 0) is 43.2 Å². The third kappa shape index (κ3) is 5.35. The van der Waals surface area contributed by atoms with Gasteiger partial charge in [0, 0.05) is 21.7 Å². The van der Waals surface area contributed by atoms with Crippen LogP contribution in [0.4, 0.5) is 4.79 Å². The lowest BCUT2D eigenvalue weighted by molar-refractivity contribution is -0.117. The van der Waals surface area contributed by atoms with Gasteiger partial charge >= 0.3 is 6.03 Å². The number of thioether (sulfide) groups is 1. The topological polar surface area (TPSA) is 98.1 Å². The summed E-state index contributed by atoms with van der Waals surface area (Å²) in [5, 5.41) is 15.1. The van der Waals surface area contributed by atoms with Gasteiger partial charge in [-0.25, -0.2) is 4.79 Å². The number of urea groups is 1. The number of rotatable bonds is 7. The summed E-state index contributed by atoms with van der Waals surface area (Å²) in [4.78, 5) is 24.1. The zero-order valence-electron chi connectivity index (χ0n) is 17.0. The fourth-order valence-corrected chi connectivity index (χ4v) is 4.08. The number of halogens is 2. The van der Waals surface area contributed by atoms with E-state index in [4.69, 9.17) is 27.9 Å². The number of carbonyl (C=O) groups is 2. The standard InChI is InChI=1S/C21H19Cl2N5O3S/c1-31-17-8-5-14(23)10-16(17)28-19(12-3-2-4-13(22)9-12)26-27-21(28)32-11-18(29)25-20(30)24-15-6-7-15/h2-5,8-10,15H,6-7,11H2,1H3,(H2,24,25,29,30). The number of imide groups is 1. The van der Waals surface area contributed by atoms with Crippen LogP contribution in [-0.4, -0.2) is 45.6 Å². The van der Waals surface area contributed by atoms with Crippen molar-refractivity contribution in [3.63, 3.8) is 0 Å². The molecule has 1 aliphatic carbocycles. The molecule has 1 aliphatic rings. The molecule has 0 unspecified atom stereocenters. The zero-order valence-corrected chi connectivity index (χ0v) is 19.3. The Hall–Kier alpha value is -2.75. The number of nitrogens with one attached hydrogen (secondary N) is 2. The lowest BCUT2D eigenvalue weighted by atomic mass is 10.2. The van der Waals surface area contributed by atoms with Crippen molar-refractivity contribution in [2.24, 2.45) is 0 Å². The van der Waals surface area contributed by atoms with Gasteiger partial charge in [-0.3, -0.25) is 14.7 Å². The molecular weight excluding hydrogens is 473 g/mol. The summed E-state index contributed by atoms with van der Waals surface area (Å²) in [5.41, 5.74) is 1.33. The molecule has 3 amide bonds. The molecule has 32 heavy (non-hydrogen) atoms. The van der Waals surface area contributed by atoms with Crippen LogP contribution in [0.25, 0.3) is 17.1 Å². The number of amides is 3. The molecule has 0 radical (unpaired) electrons. The largest absolute Gasteiger partial charge is 0.495 e. The Morgan fingerprint density at radius 2 is 1.94 bits per heavy atom. The summed E-state index contributed by atoms with van der Waals surface area (Å²) in [6.45, 7) is 0. The first kappa shape index (κ1) is 22.4. The normalized spacial score (nSPS) is 13.0. The van der Waals surface area contributed by atoms with Crippen LogP contribution in [0.2, 0.25) is 10.0 Å². The van der Waals surface area contributed by atoms with E-state index in [1.54, 1.807) is 42.0 Å². The molecule has 8 nitrogen and oxygen atoms in total. The van der Waals surface area contributed by atoms with Gasteiger partial charge in [0.1, 0.15) is 5.75 Å². The highest BCUT2D eigenvalue weighted by molar-refractivity contribution is 7.99. The van der Waals surface area contributed by atoms with Crippen LogP contribution in [0.15, 0.2) is 47.6 Å². The minimum Gasteiger partial charge on any atom is -0.495 e. The number of nitrogens with zero attached hydrogens (tertiary/aromatic N) is 3. The molecule has 2 aromatic carbocycles. The summed E-state index contributed by atoms with van der Waals surface area (Å²) in [7, 11) is 1.55. The second kappa shape index (κ2) is 9.81. The maximum Gasteiger partial charge on any atom is 0.321 e. The first-order valence-electron chi connectivity index (χ1n) is 9.73. The van der Waals surface area contributed by atoms with Crippen molar-refractivity contribution in [1.82, 2.24) is 25.4 Å². The Morgan fingerprint density at radius 1 is 1.16 bits per heavy atom. The molecular formula is C21H19Cl2N5O3S. The molecule has 0 atom stereocenters. The first-order chi connectivity index (χ1) is 15.4. The van der Waals surface area contributed by atoms with Crippen molar-refractivity contribution in [2.75, 3.05) is 12.9 Å². The average Bonchev–Trinajstić information content (AvgIpc) is 3.47. The number of benzene rings is 2. The maximum atomic E-state index is 12.3. The average molecular weight is 492 g/mol. The van der Waals surface area contributed by atoms with Gasteiger partial charge in [0.2, 0.25) is 5.91 Å². The minimum atomic E-state index is -0.490. The predicted octanol–water partition coefficient (Wildman–Crippen LogP) is 4.33. The Bertz CT molecular complexity index is 1170. The van der Waals surface area contributed by atoms with Crippen molar-refractivity contribution >= 4 is 46.9 Å². The van der Waals surface area contributed by atoms with Crippen molar-refractivity contribution in [2.45, 2.75) is 24.0 Å². The van der Waals surface area contributed by atoms with Crippen LogP contribution < -0.4 is 15.4 Å². The van der Waals surface area contributed by atoms with Gasteiger partial charge in [0.25, 0.3) is 0 Å². The fraction of sp³-hybridized carbons (Fsp3) is 0.238. The summed E-state index contributed by atoms with van der Waals surface area (Å²) in [6, 6.07) is 12.0. The Morgan fingerprint density at radius 3 is 2.66 bits per heavy atom. The maximum absolute atomic E-state index is 12.3. The second-order valence-electron chi connectivity index (χ2n) is 7.05. The summed E-state index contributed by atoms with van der Waals surface area (Å²) in [6.07, 6.45) is 1.88. The second-order valence-corrected chi connectivity index (χ2v) is 8.87. The van der Waals surface area contributed by atoms with E-state index >= 15 is 0 Å². The quantitative estimate of drug-likeness (QED) is 0.477. The van der Waals surface area contributed by atoms with Crippen LogP contribution in [0.5, 0.6) is 5.75 Å². The first-order valence-corrected chi connectivity index (χ1v) is 11.5. The highest BCUT2D eigenvalue weighted by Gasteiger charge is 2.24. The van der Waals surface area contributed by atoms with Gasteiger partial charge in [-0.1, -0.05) is 47.1 Å². The minimum absolute atomic E-state index is 0.0331. The van der Waals surface area contributed by atoms with E-state index in [1.165, 1.54) is 0 Å². The lowest BCUT2D eigenvalue weighted by Crippen LogP contribution is -2.41. The molecule has 4 rings (SSSR count). The van der Waals surface area contributed by atoms with Crippen LogP contribution in [0.3, 0.4) is 0 Å². The van der Waals surface area contributed by atoms with Crippen molar-refractivity contribution in [3.05, 3.63) is 52.5 Å².